The monoisotopic (exact) mass is 280 g/mol. The van der Waals surface area contributed by atoms with Crippen molar-refractivity contribution in [2.45, 2.75) is 25.3 Å². The molecule has 0 aliphatic carbocycles. The quantitative estimate of drug-likeness (QED) is 0.903. The van der Waals surface area contributed by atoms with Crippen LogP contribution in [-0.4, -0.2) is 18.1 Å². The number of hydrogen-bond donors (Lipinski definition) is 1. The van der Waals surface area contributed by atoms with Gasteiger partial charge in [0.15, 0.2) is 0 Å². The summed E-state index contributed by atoms with van der Waals surface area (Å²) in [6.45, 7) is 2.25. The predicted octanol–water partition coefficient (Wildman–Crippen LogP) is 3.87. The Bertz CT molecular complexity index is 589. The topological polar surface area (TPSA) is 24.5 Å². The smallest absolute Gasteiger partial charge is 0.132 e. The Hall–Kier alpha value is -1.84. The van der Waals surface area contributed by atoms with Crippen molar-refractivity contribution in [2.75, 3.05) is 13.1 Å². The minimum atomic E-state index is 0.184. The normalized spacial score (nSPS) is 18.7. The summed E-state index contributed by atoms with van der Waals surface area (Å²) in [5.41, 5.74) is 6.17. The van der Waals surface area contributed by atoms with Crippen molar-refractivity contribution >= 4 is 0 Å². The molecule has 0 spiro atoms. The molecule has 2 aromatic carbocycles. The second kappa shape index (κ2) is 5.51. The van der Waals surface area contributed by atoms with E-state index in [0.717, 1.165) is 24.6 Å². The Kier molecular flexibility index (Phi) is 3.37. The van der Waals surface area contributed by atoms with Crippen molar-refractivity contribution in [1.29, 1.82) is 0 Å². The molecule has 21 heavy (non-hydrogen) atoms. The number of nitrogens with one attached hydrogen (secondary N) is 1. The summed E-state index contributed by atoms with van der Waals surface area (Å²) in [6, 6.07) is 16.8. The van der Waals surface area contributed by atoms with Gasteiger partial charge in [-0.25, -0.2) is 10.4 Å². The first kappa shape index (κ1) is 12.9. The van der Waals surface area contributed by atoms with E-state index >= 15 is 0 Å². The number of ether oxygens (including phenoxy) is 1. The van der Waals surface area contributed by atoms with Gasteiger partial charge in [-0.3, -0.25) is 0 Å². The number of benzene rings is 2. The van der Waals surface area contributed by atoms with Crippen LogP contribution in [0.2, 0.25) is 0 Å². The lowest BCUT2D eigenvalue weighted by Crippen LogP contribution is -2.44. The Morgan fingerprint density at radius 3 is 2.00 bits per heavy atom. The van der Waals surface area contributed by atoms with Crippen LogP contribution in [0.4, 0.5) is 0 Å². The molecule has 0 aromatic heterocycles. The zero-order chi connectivity index (χ0) is 14.1. The van der Waals surface area contributed by atoms with Crippen LogP contribution in [0.5, 0.6) is 11.5 Å². The van der Waals surface area contributed by atoms with Crippen LogP contribution < -0.4 is 10.2 Å². The average Bonchev–Trinajstić information content (AvgIpc) is 2.55. The fraction of sp³-hybridized carbons (Fsp3) is 0.333. The Morgan fingerprint density at radius 1 is 0.810 bits per heavy atom. The molecule has 2 aliphatic heterocycles. The number of fused-ring (bicyclic) bond motifs is 2. The summed E-state index contributed by atoms with van der Waals surface area (Å²) < 4.78 is 6.04. The van der Waals surface area contributed by atoms with Crippen molar-refractivity contribution in [3.8, 4) is 11.5 Å². The van der Waals surface area contributed by atoms with Crippen LogP contribution in [0.1, 0.15) is 36.4 Å². The van der Waals surface area contributed by atoms with E-state index in [2.05, 4.69) is 46.8 Å². The van der Waals surface area contributed by atoms with E-state index < -0.39 is 0 Å². The molecule has 3 nitrogen and oxygen atoms in total. The highest BCUT2D eigenvalue weighted by Gasteiger charge is 2.28. The van der Waals surface area contributed by atoms with Crippen LogP contribution in [0.25, 0.3) is 0 Å². The molecule has 1 fully saturated rings. The van der Waals surface area contributed by atoms with Gasteiger partial charge in [0, 0.05) is 24.2 Å². The molecular weight excluding hydrogens is 260 g/mol. The average molecular weight is 280 g/mol. The Morgan fingerprint density at radius 2 is 1.38 bits per heavy atom. The lowest BCUT2D eigenvalue weighted by atomic mass is 9.95. The molecule has 1 saturated heterocycles. The van der Waals surface area contributed by atoms with Crippen LogP contribution in [-0.2, 0) is 0 Å². The zero-order valence-corrected chi connectivity index (χ0v) is 12.1. The van der Waals surface area contributed by atoms with Crippen LogP contribution in [0, 0.1) is 0 Å². The first-order valence-corrected chi connectivity index (χ1v) is 7.79. The van der Waals surface area contributed by atoms with Crippen LogP contribution >= 0.6 is 0 Å². The first-order valence-electron chi connectivity index (χ1n) is 7.79. The van der Waals surface area contributed by atoms with E-state index in [0.29, 0.717) is 0 Å². The maximum Gasteiger partial charge on any atom is 0.132 e. The Labute approximate surface area is 125 Å². The SMILES string of the molecule is c1ccc2c(c1)Oc1ccccc1C2NN1CCCCC1. The fourth-order valence-corrected chi connectivity index (χ4v) is 3.25. The van der Waals surface area contributed by atoms with Crippen molar-refractivity contribution < 1.29 is 4.74 Å². The van der Waals surface area contributed by atoms with Crippen LogP contribution in [0.3, 0.4) is 0 Å². The summed E-state index contributed by atoms with van der Waals surface area (Å²) >= 11 is 0. The lowest BCUT2D eigenvalue weighted by molar-refractivity contribution is 0.135. The lowest BCUT2D eigenvalue weighted by Gasteiger charge is -2.35. The summed E-state index contributed by atoms with van der Waals surface area (Å²) in [7, 11) is 0. The number of hydrazine groups is 1. The molecule has 3 heteroatoms. The molecule has 2 aliphatic rings. The van der Waals surface area contributed by atoms with Gasteiger partial charge < -0.3 is 4.74 Å². The first-order chi connectivity index (χ1) is 10.4. The highest BCUT2D eigenvalue weighted by Crippen LogP contribution is 2.42. The van der Waals surface area contributed by atoms with E-state index in [9.17, 15) is 0 Å². The third kappa shape index (κ3) is 2.43. The molecule has 2 heterocycles. The fourth-order valence-electron chi connectivity index (χ4n) is 3.25. The number of nitrogens with zero attached hydrogens (tertiary/aromatic N) is 1. The van der Waals surface area contributed by atoms with E-state index in [1.807, 2.05) is 12.1 Å². The molecule has 0 saturated carbocycles. The van der Waals surface area contributed by atoms with Gasteiger partial charge in [0.05, 0.1) is 6.04 Å². The van der Waals surface area contributed by atoms with Gasteiger partial charge in [-0.15, -0.1) is 0 Å². The van der Waals surface area contributed by atoms with E-state index in [4.69, 9.17) is 4.74 Å². The van der Waals surface area contributed by atoms with Gasteiger partial charge in [0.25, 0.3) is 0 Å². The predicted molar refractivity (Wildman–Crippen MR) is 83.4 cm³/mol. The van der Waals surface area contributed by atoms with Gasteiger partial charge >= 0.3 is 0 Å². The zero-order valence-electron chi connectivity index (χ0n) is 12.1. The van der Waals surface area contributed by atoms with Crippen LogP contribution in [0.15, 0.2) is 48.5 Å². The molecule has 0 amide bonds. The minimum Gasteiger partial charge on any atom is -0.457 e. The number of hydrogen-bond acceptors (Lipinski definition) is 3. The van der Waals surface area contributed by atoms with E-state index in [1.165, 1.54) is 30.4 Å². The van der Waals surface area contributed by atoms with Gasteiger partial charge in [-0.05, 0) is 25.0 Å². The van der Waals surface area contributed by atoms with Gasteiger partial charge in [0.2, 0.25) is 0 Å². The molecule has 0 atom stereocenters. The molecule has 0 unspecified atom stereocenters. The van der Waals surface area contributed by atoms with Gasteiger partial charge in [0.1, 0.15) is 11.5 Å². The molecule has 1 N–H and O–H groups in total. The Balaban J connectivity index is 1.70. The molecule has 4 rings (SSSR count). The van der Waals surface area contributed by atoms with E-state index in [1.54, 1.807) is 0 Å². The maximum absolute atomic E-state index is 6.04. The number of para-hydroxylation sites is 2. The highest BCUT2D eigenvalue weighted by atomic mass is 16.5. The molecule has 108 valence electrons. The summed E-state index contributed by atoms with van der Waals surface area (Å²) in [5, 5.41) is 2.37. The molecule has 0 bridgehead atoms. The molecule has 0 radical (unpaired) electrons. The summed E-state index contributed by atoms with van der Waals surface area (Å²) in [5.74, 6) is 1.93. The van der Waals surface area contributed by atoms with Crippen molar-refractivity contribution in [3.05, 3.63) is 59.7 Å². The summed E-state index contributed by atoms with van der Waals surface area (Å²) in [4.78, 5) is 0. The third-order valence-electron chi connectivity index (χ3n) is 4.35. The second-order valence-electron chi connectivity index (χ2n) is 5.79. The maximum atomic E-state index is 6.04. The van der Waals surface area contributed by atoms with Gasteiger partial charge in [-0.1, -0.05) is 42.8 Å². The van der Waals surface area contributed by atoms with E-state index in [-0.39, 0.29) is 6.04 Å². The highest BCUT2D eigenvalue weighted by molar-refractivity contribution is 5.52. The van der Waals surface area contributed by atoms with Crippen molar-refractivity contribution in [2.24, 2.45) is 0 Å². The third-order valence-corrected chi connectivity index (χ3v) is 4.35. The largest absolute Gasteiger partial charge is 0.457 e. The number of rotatable bonds is 2. The van der Waals surface area contributed by atoms with Crippen molar-refractivity contribution in [1.82, 2.24) is 10.4 Å². The molecule has 2 aromatic rings. The molecular formula is C18H20N2O. The van der Waals surface area contributed by atoms with Crippen molar-refractivity contribution in [3.63, 3.8) is 0 Å². The standard InChI is InChI=1S/C18H20N2O/c1-6-12-20(13-7-1)19-18-14-8-2-4-10-16(14)21-17-11-5-3-9-15(17)18/h2-5,8-11,18-19H,1,6-7,12-13H2. The summed E-state index contributed by atoms with van der Waals surface area (Å²) in [6.07, 6.45) is 3.90. The van der Waals surface area contributed by atoms with Gasteiger partial charge in [-0.2, -0.15) is 0 Å². The number of piperidine rings is 1. The second-order valence-corrected chi connectivity index (χ2v) is 5.79. The minimum absolute atomic E-state index is 0.184.